The Morgan fingerprint density at radius 3 is 2.71 bits per heavy atom. The molecule has 0 atom stereocenters. The molecule has 1 amide bonds. The number of rotatable bonds is 6. The smallest absolute Gasteiger partial charge is 0.253 e. The van der Waals surface area contributed by atoms with Crippen molar-refractivity contribution in [1.29, 1.82) is 0 Å². The molecule has 1 rings (SSSR count). The average Bonchev–Trinajstić information content (AvgIpc) is 2.33. The van der Waals surface area contributed by atoms with Crippen LogP contribution in [-0.2, 0) is 0 Å². The second-order valence-electron chi connectivity index (χ2n) is 4.20. The molecule has 0 aliphatic carbocycles. The number of halogens is 1. The number of carbonyl (C=O) groups is 1. The molecule has 17 heavy (non-hydrogen) atoms. The normalized spacial score (nSPS) is 10.3. The van der Waals surface area contributed by atoms with E-state index < -0.39 is 0 Å². The number of carbonyl (C=O) groups excluding carboxylic acids is 1. The van der Waals surface area contributed by atoms with Crippen molar-refractivity contribution >= 4 is 21.8 Å². The summed E-state index contributed by atoms with van der Waals surface area (Å²) in [5.74, 6) is 0.140. The average molecular weight is 298 g/mol. The molecule has 94 valence electrons. The summed E-state index contributed by atoms with van der Waals surface area (Å²) in [5, 5.41) is 0.828. The molecule has 0 unspecified atom stereocenters. The van der Waals surface area contributed by atoms with Crippen molar-refractivity contribution in [3.05, 3.63) is 35.4 Å². The maximum atomic E-state index is 12.3. The number of amides is 1. The predicted molar refractivity (Wildman–Crippen MR) is 75.8 cm³/mol. The third-order valence-corrected chi connectivity index (χ3v) is 3.04. The van der Waals surface area contributed by atoms with Crippen molar-refractivity contribution in [3.63, 3.8) is 0 Å². The van der Waals surface area contributed by atoms with Gasteiger partial charge in [-0.3, -0.25) is 4.79 Å². The highest BCUT2D eigenvalue weighted by atomic mass is 79.9. The lowest BCUT2D eigenvalue weighted by molar-refractivity contribution is 0.0764. The third-order valence-electron chi connectivity index (χ3n) is 2.69. The van der Waals surface area contributed by atoms with E-state index >= 15 is 0 Å². The number of nitrogens with zero attached hydrogens (tertiary/aromatic N) is 1. The summed E-state index contributed by atoms with van der Waals surface area (Å²) >= 11 is 3.40. The van der Waals surface area contributed by atoms with Gasteiger partial charge < -0.3 is 4.90 Å². The van der Waals surface area contributed by atoms with Gasteiger partial charge >= 0.3 is 0 Å². The van der Waals surface area contributed by atoms with Crippen LogP contribution in [0.2, 0.25) is 0 Å². The Hall–Kier alpha value is -0.830. The molecule has 0 radical (unpaired) electrons. The zero-order chi connectivity index (χ0) is 12.7. The van der Waals surface area contributed by atoms with E-state index in [1.807, 2.05) is 36.1 Å². The van der Waals surface area contributed by atoms with Crippen LogP contribution in [0, 0.1) is 6.92 Å². The van der Waals surface area contributed by atoms with E-state index in [-0.39, 0.29) is 5.91 Å². The van der Waals surface area contributed by atoms with Gasteiger partial charge in [0, 0.05) is 24.0 Å². The van der Waals surface area contributed by atoms with E-state index in [4.69, 9.17) is 0 Å². The Morgan fingerprint density at radius 2 is 2.12 bits per heavy atom. The molecule has 2 nitrogen and oxygen atoms in total. The van der Waals surface area contributed by atoms with E-state index in [0.29, 0.717) is 0 Å². The lowest BCUT2D eigenvalue weighted by Gasteiger charge is -2.21. The van der Waals surface area contributed by atoms with E-state index in [0.717, 1.165) is 42.4 Å². The highest BCUT2D eigenvalue weighted by Gasteiger charge is 2.14. The maximum Gasteiger partial charge on any atom is 0.253 e. The van der Waals surface area contributed by atoms with Crippen molar-refractivity contribution in [2.45, 2.75) is 26.7 Å². The van der Waals surface area contributed by atoms with Gasteiger partial charge in [-0.25, -0.2) is 0 Å². The third kappa shape index (κ3) is 4.50. The minimum atomic E-state index is 0.140. The predicted octanol–water partition coefficient (Wildman–Crippen LogP) is 3.63. The fourth-order valence-corrected chi connectivity index (χ4v) is 2.15. The Labute approximate surface area is 112 Å². The van der Waals surface area contributed by atoms with Gasteiger partial charge in [0.25, 0.3) is 5.91 Å². The molecule has 0 saturated heterocycles. The standard InChI is InChI=1S/C14H20BrNO/c1-3-4-9-16(10-8-15)14(17)13-7-5-6-12(2)11-13/h5-7,11H,3-4,8-10H2,1-2H3. The molecule has 0 aromatic heterocycles. The summed E-state index contributed by atoms with van der Waals surface area (Å²) in [5.41, 5.74) is 1.92. The maximum absolute atomic E-state index is 12.3. The van der Waals surface area contributed by atoms with E-state index in [1.165, 1.54) is 0 Å². The highest BCUT2D eigenvalue weighted by molar-refractivity contribution is 9.09. The Balaban J connectivity index is 2.76. The van der Waals surface area contributed by atoms with Crippen LogP contribution in [0.5, 0.6) is 0 Å². The van der Waals surface area contributed by atoms with Gasteiger partial charge in [0.15, 0.2) is 0 Å². The van der Waals surface area contributed by atoms with Crippen LogP contribution in [0.1, 0.15) is 35.7 Å². The Morgan fingerprint density at radius 1 is 1.35 bits per heavy atom. The first-order valence-corrected chi connectivity index (χ1v) is 7.23. The van der Waals surface area contributed by atoms with Crippen molar-refractivity contribution in [2.24, 2.45) is 0 Å². The first kappa shape index (κ1) is 14.2. The Bertz CT molecular complexity index is 365. The number of aryl methyl sites for hydroxylation is 1. The van der Waals surface area contributed by atoms with Crippen LogP contribution in [0.4, 0.5) is 0 Å². The first-order chi connectivity index (χ1) is 8.19. The van der Waals surface area contributed by atoms with Crippen molar-refractivity contribution < 1.29 is 4.79 Å². The monoisotopic (exact) mass is 297 g/mol. The number of alkyl halides is 1. The number of benzene rings is 1. The van der Waals surface area contributed by atoms with Gasteiger partial charge in [0.05, 0.1) is 0 Å². The lowest BCUT2D eigenvalue weighted by atomic mass is 10.1. The molecule has 0 spiro atoms. The van der Waals surface area contributed by atoms with Crippen LogP contribution in [-0.4, -0.2) is 29.2 Å². The van der Waals surface area contributed by atoms with E-state index in [2.05, 4.69) is 22.9 Å². The fraction of sp³-hybridized carbons (Fsp3) is 0.500. The fourth-order valence-electron chi connectivity index (χ4n) is 1.73. The molecule has 0 fully saturated rings. The Kier molecular flexibility index (Phi) is 6.27. The molecule has 1 aromatic carbocycles. The molecule has 3 heteroatoms. The minimum Gasteiger partial charge on any atom is -0.338 e. The topological polar surface area (TPSA) is 20.3 Å². The molecule has 0 bridgehead atoms. The van der Waals surface area contributed by atoms with Crippen molar-refractivity contribution in [3.8, 4) is 0 Å². The number of hydrogen-bond donors (Lipinski definition) is 0. The summed E-state index contributed by atoms with van der Waals surface area (Å²) in [6.45, 7) is 5.77. The zero-order valence-corrected chi connectivity index (χ0v) is 12.2. The van der Waals surface area contributed by atoms with Crippen LogP contribution in [0.15, 0.2) is 24.3 Å². The molecule has 1 aromatic rings. The zero-order valence-electron chi connectivity index (χ0n) is 10.6. The summed E-state index contributed by atoms with van der Waals surface area (Å²) in [6, 6.07) is 7.80. The molecule has 0 saturated carbocycles. The van der Waals surface area contributed by atoms with Crippen LogP contribution in [0.25, 0.3) is 0 Å². The van der Waals surface area contributed by atoms with Crippen LogP contribution < -0.4 is 0 Å². The highest BCUT2D eigenvalue weighted by Crippen LogP contribution is 2.09. The second kappa shape index (κ2) is 7.49. The van der Waals surface area contributed by atoms with Crippen LogP contribution >= 0.6 is 15.9 Å². The van der Waals surface area contributed by atoms with Crippen LogP contribution in [0.3, 0.4) is 0 Å². The SMILES string of the molecule is CCCCN(CCBr)C(=O)c1cccc(C)c1. The van der Waals surface area contributed by atoms with Crippen molar-refractivity contribution in [2.75, 3.05) is 18.4 Å². The van der Waals surface area contributed by atoms with Gasteiger partial charge in [-0.1, -0.05) is 47.0 Å². The summed E-state index contributed by atoms with van der Waals surface area (Å²) in [6.07, 6.45) is 2.17. The summed E-state index contributed by atoms with van der Waals surface area (Å²) in [4.78, 5) is 14.2. The van der Waals surface area contributed by atoms with Crippen molar-refractivity contribution in [1.82, 2.24) is 4.90 Å². The van der Waals surface area contributed by atoms with Gasteiger partial charge in [-0.15, -0.1) is 0 Å². The summed E-state index contributed by atoms with van der Waals surface area (Å²) < 4.78 is 0. The first-order valence-electron chi connectivity index (χ1n) is 6.11. The molecule has 0 aliphatic heterocycles. The van der Waals surface area contributed by atoms with Gasteiger partial charge in [-0.2, -0.15) is 0 Å². The number of unbranched alkanes of at least 4 members (excludes halogenated alkanes) is 1. The molecular formula is C14H20BrNO. The molecule has 0 N–H and O–H groups in total. The second-order valence-corrected chi connectivity index (χ2v) is 5.00. The largest absolute Gasteiger partial charge is 0.338 e. The minimum absolute atomic E-state index is 0.140. The quantitative estimate of drug-likeness (QED) is 0.734. The van der Waals surface area contributed by atoms with Gasteiger partial charge in [0.1, 0.15) is 0 Å². The molecular weight excluding hydrogens is 278 g/mol. The van der Waals surface area contributed by atoms with E-state index in [9.17, 15) is 4.79 Å². The van der Waals surface area contributed by atoms with E-state index in [1.54, 1.807) is 0 Å². The summed E-state index contributed by atoms with van der Waals surface area (Å²) in [7, 11) is 0. The van der Waals surface area contributed by atoms with Gasteiger partial charge in [-0.05, 0) is 25.5 Å². The van der Waals surface area contributed by atoms with Gasteiger partial charge in [0.2, 0.25) is 0 Å². The lowest BCUT2D eigenvalue weighted by Crippen LogP contribution is -2.33. The number of hydrogen-bond acceptors (Lipinski definition) is 1. The molecule has 0 heterocycles. The molecule has 0 aliphatic rings.